The third-order valence-corrected chi connectivity index (χ3v) is 4.19. The van der Waals surface area contributed by atoms with Crippen LogP contribution in [0.25, 0.3) is 0 Å². The summed E-state index contributed by atoms with van der Waals surface area (Å²) in [5.74, 6) is -1.36. The number of nitrogens with zero attached hydrogens (tertiary/aromatic N) is 2. The zero-order valence-electron chi connectivity index (χ0n) is 17.3. The summed E-state index contributed by atoms with van der Waals surface area (Å²) in [6.07, 6.45) is 1.95. The summed E-state index contributed by atoms with van der Waals surface area (Å²) in [5.41, 5.74) is 10.6. The zero-order chi connectivity index (χ0) is 23.4. The van der Waals surface area contributed by atoms with Gasteiger partial charge in [0.1, 0.15) is 24.7 Å². The normalized spacial score (nSPS) is 20.5. The Balaban J connectivity index is 0.000000311. The summed E-state index contributed by atoms with van der Waals surface area (Å²) in [6, 6.07) is -1.93. The molecule has 0 aromatic heterocycles. The Bertz CT molecular complexity index is 725. The Morgan fingerprint density at radius 3 is 2.26 bits per heavy atom. The van der Waals surface area contributed by atoms with E-state index in [1.807, 2.05) is 0 Å². The zero-order valence-corrected chi connectivity index (χ0v) is 17.3. The van der Waals surface area contributed by atoms with Crippen LogP contribution in [-0.4, -0.2) is 83.6 Å². The maximum Gasteiger partial charge on any atom is 0.320 e. The van der Waals surface area contributed by atoms with Crippen molar-refractivity contribution in [2.45, 2.75) is 50.7 Å². The van der Waals surface area contributed by atoms with Gasteiger partial charge in [0.25, 0.3) is 0 Å². The SMILES string of the molecule is CC1NC(=NCCCC(N)C(=O)O)NC1=O.NC(CCCNC1=NCC(=O)N1)C(=O)O. The molecule has 2 aliphatic heterocycles. The number of aliphatic imine (C=N–C) groups is 2. The monoisotopic (exact) mass is 442 g/mol. The molecule has 0 radical (unpaired) electrons. The highest BCUT2D eigenvalue weighted by Gasteiger charge is 2.23. The number of nitrogens with one attached hydrogen (secondary N) is 4. The molecule has 1 saturated heterocycles. The molecule has 2 heterocycles. The quantitative estimate of drug-likeness (QED) is 0.159. The van der Waals surface area contributed by atoms with Crippen molar-refractivity contribution in [1.82, 2.24) is 21.3 Å². The van der Waals surface area contributed by atoms with Crippen molar-refractivity contribution in [3.63, 3.8) is 0 Å². The smallest absolute Gasteiger partial charge is 0.320 e. The molecule has 0 bridgehead atoms. The van der Waals surface area contributed by atoms with E-state index in [9.17, 15) is 19.2 Å². The number of hydrogen-bond donors (Lipinski definition) is 8. The molecule has 0 aliphatic carbocycles. The molecule has 2 rings (SSSR count). The fourth-order valence-electron chi connectivity index (χ4n) is 2.36. The predicted octanol–water partition coefficient (Wildman–Crippen LogP) is -3.10. The average Bonchev–Trinajstić information content (AvgIpc) is 3.26. The number of hydrogen-bond acceptors (Lipinski definition) is 9. The van der Waals surface area contributed by atoms with Crippen molar-refractivity contribution < 1.29 is 29.4 Å². The third kappa shape index (κ3) is 10.4. The Labute approximate surface area is 178 Å². The van der Waals surface area contributed by atoms with Crippen LogP contribution in [0.15, 0.2) is 9.98 Å². The fraction of sp³-hybridized carbons (Fsp3) is 0.647. The summed E-state index contributed by atoms with van der Waals surface area (Å²) in [7, 11) is 0. The number of carboxylic acids is 2. The molecular formula is C17H30N8O6. The van der Waals surface area contributed by atoms with Crippen LogP contribution < -0.4 is 32.7 Å². The predicted molar refractivity (Wildman–Crippen MR) is 111 cm³/mol. The van der Waals surface area contributed by atoms with Crippen LogP contribution in [-0.2, 0) is 19.2 Å². The highest BCUT2D eigenvalue weighted by molar-refractivity contribution is 6.06. The summed E-state index contributed by atoms with van der Waals surface area (Å²) in [4.78, 5) is 50.5. The molecule has 2 aliphatic rings. The summed E-state index contributed by atoms with van der Waals surface area (Å²) in [5, 5.41) is 27.8. The van der Waals surface area contributed by atoms with Gasteiger partial charge in [-0.25, -0.2) is 4.99 Å². The van der Waals surface area contributed by atoms with E-state index in [-0.39, 0.29) is 24.4 Å². The van der Waals surface area contributed by atoms with Gasteiger partial charge in [-0.05, 0) is 32.6 Å². The third-order valence-electron chi connectivity index (χ3n) is 4.19. The number of guanidine groups is 2. The van der Waals surface area contributed by atoms with E-state index in [0.29, 0.717) is 50.7 Å². The number of rotatable bonds is 10. The van der Waals surface area contributed by atoms with E-state index < -0.39 is 24.0 Å². The van der Waals surface area contributed by atoms with Crippen molar-refractivity contribution in [1.29, 1.82) is 0 Å². The van der Waals surface area contributed by atoms with Crippen molar-refractivity contribution in [2.75, 3.05) is 19.6 Å². The summed E-state index contributed by atoms with van der Waals surface area (Å²) >= 11 is 0. The number of amides is 2. The standard InChI is InChI=1S/C9H16N4O3.C8H14N4O3/c1-5-7(14)13-9(12-5)11-4-2-3-6(10)8(15)16;9-5(7(14)15)2-1-3-10-8-11-4-6(13)12-8/h5-6H,2-4,10H2,1H3,(H,15,16)(H2,11,12,13,14);5H,1-4,9H2,(H,14,15)(H2,10,11,12,13). The van der Waals surface area contributed by atoms with Crippen molar-refractivity contribution >= 4 is 35.7 Å². The number of nitrogens with two attached hydrogens (primary N) is 2. The van der Waals surface area contributed by atoms with Crippen LogP contribution >= 0.6 is 0 Å². The molecule has 14 nitrogen and oxygen atoms in total. The molecule has 2 amide bonds. The first-order chi connectivity index (χ1) is 14.6. The number of carbonyl (C=O) groups excluding carboxylic acids is 2. The molecule has 10 N–H and O–H groups in total. The first-order valence-electron chi connectivity index (χ1n) is 9.77. The van der Waals surface area contributed by atoms with Crippen LogP contribution in [0.3, 0.4) is 0 Å². The minimum atomic E-state index is -1.01. The lowest BCUT2D eigenvalue weighted by Gasteiger charge is -2.07. The van der Waals surface area contributed by atoms with Gasteiger partial charge < -0.3 is 32.3 Å². The molecule has 0 saturated carbocycles. The highest BCUT2D eigenvalue weighted by Crippen LogP contribution is 1.97. The van der Waals surface area contributed by atoms with Crippen molar-refractivity contribution in [3.05, 3.63) is 0 Å². The second-order valence-electron chi connectivity index (χ2n) is 6.90. The van der Waals surface area contributed by atoms with Gasteiger partial charge in [-0.15, -0.1) is 0 Å². The van der Waals surface area contributed by atoms with Gasteiger partial charge in [0.05, 0.1) is 0 Å². The van der Waals surface area contributed by atoms with Gasteiger partial charge >= 0.3 is 11.9 Å². The van der Waals surface area contributed by atoms with Crippen LogP contribution in [0.5, 0.6) is 0 Å². The molecule has 3 atom stereocenters. The van der Waals surface area contributed by atoms with E-state index in [1.165, 1.54) is 0 Å². The van der Waals surface area contributed by atoms with Gasteiger partial charge in [-0.3, -0.25) is 34.8 Å². The molecule has 3 unspecified atom stereocenters. The topological polar surface area (TPSA) is 234 Å². The summed E-state index contributed by atoms with van der Waals surface area (Å²) in [6.45, 7) is 2.87. The number of carboxylic acid groups (broad SMARTS) is 2. The molecule has 14 heteroatoms. The minimum absolute atomic E-state index is 0.110. The minimum Gasteiger partial charge on any atom is -0.480 e. The molecule has 31 heavy (non-hydrogen) atoms. The van der Waals surface area contributed by atoms with Gasteiger partial charge in [-0.2, -0.15) is 0 Å². The molecule has 174 valence electrons. The van der Waals surface area contributed by atoms with E-state index in [2.05, 4.69) is 31.3 Å². The van der Waals surface area contributed by atoms with E-state index in [1.54, 1.807) is 6.92 Å². The van der Waals surface area contributed by atoms with Crippen molar-refractivity contribution in [2.24, 2.45) is 21.5 Å². The van der Waals surface area contributed by atoms with Crippen LogP contribution in [0.1, 0.15) is 32.6 Å². The number of carbonyl (C=O) groups is 4. The van der Waals surface area contributed by atoms with E-state index in [4.69, 9.17) is 21.7 Å². The second kappa shape index (κ2) is 13.1. The van der Waals surface area contributed by atoms with Crippen LogP contribution in [0.4, 0.5) is 0 Å². The number of aliphatic carboxylic acids is 2. The van der Waals surface area contributed by atoms with Crippen LogP contribution in [0.2, 0.25) is 0 Å². The average molecular weight is 442 g/mol. The Kier molecular flexibility index (Phi) is 10.9. The first-order valence-corrected chi connectivity index (χ1v) is 9.77. The Hall–Kier alpha value is -3.26. The largest absolute Gasteiger partial charge is 0.480 e. The second-order valence-corrected chi connectivity index (χ2v) is 6.90. The van der Waals surface area contributed by atoms with Gasteiger partial charge in [0, 0.05) is 13.1 Å². The molecular weight excluding hydrogens is 412 g/mol. The highest BCUT2D eigenvalue weighted by atomic mass is 16.4. The fourth-order valence-corrected chi connectivity index (χ4v) is 2.36. The van der Waals surface area contributed by atoms with E-state index in [0.717, 1.165) is 0 Å². The first kappa shape index (κ1) is 25.8. The Morgan fingerprint density at radius 2 is 1.77 bits per heavy atom. The van der Waals surface area contributed by atoms with Gasteiger partial charge in [0.15, 0.2) is 11.9 Å². The maximum atomic E-state index is 11.1. The lowest BCUT2D eigenvalue weighted by molar-refractivity contribution is -0.139. The Morgan fingerprint density at radius 1 is 1.16 bits per heavy atom. The lowest BCUT2D eigenvalue weighted by Crippen LogP contribution is -2.37. The molecule has 0 aromatic rings. The lowest BCUT2D eigenvalue weighted by atomic mass is 10.2. The van der Waals surface area contributed by atoms with Gasteiger partial charge in [-0.1, -0.05) is 0 Å². The van der Waals surface area contributed by atoms with E-state index >= 15 is 0 Å². The van der Waals surface area contributed by atoms with Crippen molar-refractivity contribution in [3.8, 4) is 0 Å². The molecule has 1 fully saturated rings. The maximum absolute atomic E-state index is 11.1. The van der Waals surface area contributed by atoms with Gasteiger partial charge in [0.2, 0.25) is 11.8 Å². The molecule has 0 aromatic carbocycles. The molecule has 0 spiro atoms. The summed E-state index contributed by atoms with van der Waals surface area (Å²) < 4.78 is 0. The van der Waals surface area contributed by atoms with Crippen LogP contribution in [0, 0.1) is 0 Å².